The van der Waals surface area contributed by atoms with Gasteiger partial charge in [0.1, 0.15) is 11.5 Å². The summed E-state index contributed by atoms with van der Waals surface area (Å²) in [6, 6.07) is 3.72. The Labute approximate surface area is 145 Å². The molecule has 0 spiro atoms. The molecule has 0 aliphatic carbocycles. The largest absolute Gasteiger partial charge is 0.497 e. The minimum absolute atomic E-state index is 0.0482. The lowest BCUT2D eigenvalue weighted by molar-refractivity contribution is -0.196. The van der Waals surface area contributed by atoms with E-state index in [0.717, 1.165) is 10.8 Å². The number of furan rings is 1. The monoisotopic (exact) mass is 344 g/mol. The van der Waals surface area contributed by atoms with E-state index < -0.39 is 5.79 Å². The molecule has 1 fully saturated rings. The smallest absolute Gasteiger partial charge is 0.248 e. The third kappa shape index (κ3) is 2.65. The molecule has 1 aliphatic heterocycles. The number of aromatic nitrogens is 2. The van der Waals surface area contributed by atoms with Crippen LogP contribution in [0.2, 0.25) is 0 Å². The highest BCUT2D eigenvalue weighted by Crippen LogP contribution is 2.44. The first-order chi connectivity index (χ1) is 12.1. The number of methoxy groups -OCH3 is 2. The number of imidazole rings is 1. The van der Waals surface area contributed by atoms with E-state index in [1.54, 1.807) is 33.0 Å². The van der Waals surface area contributed by atoms with Crippen molar-refractivity contribution in [3.05, 3.63) is 42.9 Å². The molecule has 1 aromatic carbocycles. The molecule has 1 saturated heterocycles. The molecule has 2 atom stereocenters. The first-order valence-electron chi connectivity index (χ1n) is 8.06. The fraction of sp³-hybridized carbons (Fsp3) is 0.389. The quantitative estimate of drug-likeness (QED) is 0.709. The van der Waals surface area contributed by atoms with Crippen molar-refractivity contribution in [3.63, 3.8) is 0 Å². The Kier molecular flexibility index (Phi) is 3.89. The predicted octanol–water partition coefficient (Wildman–Crippen LogP) is 2.93. The summed E-state index contributed by atoms with van der Waals surface area (Å²) in [5, 5.41) is 1.68. The fourth-order valence-electron chi connectivity index (χ4n) is 3.23. The maximum atomic E-state index is 6.18. The van der Waals surface area contributed by atoms with Crippen LogP contribution in [0.15, 0.2) is 41.5 Å². The summed E-state index contributed by atoms with van der Waals surface area (Å²) in [5.74, 6) is 0.890. The maximum absolute atomic E-state index is 6.18. The van der Waals surface area contributed by atoms with Crippen LogP contribution in [-0.2, 0) is 21.8 Å². The molecule has 0 bridgehead atoms. The molecule has 7 nitrogen and oxygen atoms in total. The number of rotatable bonds is 5. The van der Waals surface area contributed by atoms with Gasteiger partial charge in [0.15, 0.2) is 5.76 Å². The first kappa shape index (κ1) is 16.0. The second-order valence-electron chi connectivity index (χ2n) is 6.09. The van der Waals surface area contributed by atoms with Gasteiger partial charge in [-0.05, 0) is 13.0 Å². The van der Waals surface area contributed by atoms with E-state index in [4.69, 9.17) is 23.4 Å². The van der Waals surface area contributed by atoms with Gasteiger partial charge in [0, 0.05) is 23.8 Å². The molecule has 2 unspecified atom stereocenters. The van der Waals surface area contributed by atoms with Gasteiger partial charge >= 0.3 is 0 Å². The number of nitrogens with zero attached hydrogens (tertiary/aromatic N) is 2. The summed E-state index contributed by atoms with van der Waals surface area (Å²) < 4.78 is 31.0. The molecule has 3 aromatic rings. The Hall–Kier alpha value is -2.51. The Morgan fingerprint density at radius 1 is 1.32 bits per heavy atom. The zero-order chi connectivity index (χ0) is 17.4. The highest BCUT2D eigenvalue weighted by Gasteiger charge is 2.46. The van der Waals surface area contributed by atoms with Gasteiger partial charge in [-0.15, -0.1) is 0 Å². The Bertz CT molecular complexity index is 873. The molecule has 0 saturated carbocycles. The van der Waals surface area contributed by atoms with Crippen LogP contribution in [0.5, 0.6) is 11.5 Å². The van der Waals surface area contributed by atoms with E-state index in [9.17, 15) is 0 Å². The van der Waals surface area contributed by atoms with E-state index in [1.807, 2.05) is 29.8 Å². The summed E-state index contributed by atoms with van der Waals surface area (Å²) in [6.45, 7) is 2.88. The van der Waals surface area contributed by atoms with Crippen LogP contribution in [0, 0.1) is 0 Å². The van der Waals surface area contributed by atoms with E-state index in [1.165, 1.54) is 0 Å². The Morgan fingerprint density at radius 3 is 2.84 bits per heavy atom. The van der Waals surface area contributed by atoms with Crippen molar-refractivity contribution in [2.45, 2.75) is 25.4 Å². The van der Waals surface area contributed by atoms with Gasteiger partial charge in [-0.1, -0.05) is 0 Å². The maximum Gasteiger partial charge on any atom is 0.248 e. The van der Waals surface area contributed by atoms with Gasteiger partial charge in [0.25, 0.3) is 0 Å². The van der Waals surface area contributed by atoms with E-state index in [2.05, 4.69) is 4.98 Å². The van der Waals surface area contributed by atoms with Crippen LogP contribution in [0.3, 0.4) is 0 Å². The average molecular weight is 344 g/mol. The molecule has 3 heterocycles. The molecule has 132 valence electrons. The van der Waals surface area contributed by atoms with Crippen LogP contribution in [0.4, 0.5) is 0 Å². The lowest BCUT2D eigenvalue weighted by Gasteiger charge is -2.26. The average Bonchev–Trinajstić information content (AvgIpc) is 3.34. The second kappa shape index (κ2) is 6.09. The van der Waals surface area contributed by atoms with Crippen LogP contribution in [-0.4, -0.2) is 36.5 Å². The molecule has 0 amide bonds. The standard InChI is InChI=1S/C18H20N2O5/c1-12-8-24-18(25-12,10-20-5-4-19-11-20)17-16-13(9-23-17)6-14(21-2)7-15(16)22-3/h4-7,9,11-12H,8,10H2,1-3H3. The number of fused-ring (bicyclic) bond motifs is 1. The minimum Gasteiger partial charge on any atom is -0.497 e. The Balaban J connectivity index is 1.87. The SMILES string of the molecule is COc1cc(OC)c2c(C3(Cn4ccnc4)OCC(C)O3)occ2c1. The van der Waals surface area contributed by atoms with E-state index in [-0.39, 0.29) is 6.10 Å². The lowest BCUT2D eigenvalue weighted by Crippen LogP contribution is -2.33. The van der Waals surface area contributed by atoms with Crippen LogP contribution in [0.25, 0.3) is 10.8 Å². The predicted molar refractivity (Wildman–Crippen MR) is 89.7 cm³/mol. The summed E-state index contributed by atoms with van der Waals surface area (Å²) in [5.41, 5.74) is 0. The number of benzene rings is 1. The van der Waals surface area contributed by atoms with Gasteiger partial charge in [0.2, 0.25) is 5.79 Å². The zero-order valence-corrected chi connectivity index (χ0v) is 14.4. The van der Waals surface area contributed by atoms with Crippen molar-refractivity contribution < 1.29 is 23.4 Å². The normalized spacial score (nSPS) is 23.2. The summed E-state index contributed by atoms with van der Waals surface area (Å²) in [6.07, 6.45) is 6.93. The number of ether oxygens (including phenoxy) is 4. The van der Waals surface area contributed by atoms with Crippen molar-refractivity contribution in [2.24, 2.45) is 0 Å². The van der Waals surface area contributed by atoms with Crippen LogP contribution in [0.1, 0.15) is 12.7 Å². The van der Waals surface area contributed by atoms with Crippen molar-refractivity contribution in [2.75, 3.05) is 20.8 Å². The van der Waals surface area contributed by atoms with Gasteiger partial charge in [-0.2, -0.15) is 0 Å². The van der Waals surface area contributed by atoms with Crippen molar-refractivity contribution >= 4 is 10.8 Å². The van der Waals surface area contributed by atoms with Gasteiger partial charge in [0.05, 0.1) is 51.5 Å². The molecule has 4 rings (SSSR count). The third-order valence-electron chi connectivity index (χ3n) is 4.33. The highest BCUT2D eigenvalue weighted by atomic mass is 16.8. The van der Waals surface area contributed by atoms with Gasteiger partial charge < -0.3 is 27.9 Å². The van der Waals surface area contributed by atoms with Gasteiger partial charge in [-0.25, -0.2) is 4.98 Å². The molecular formula is C18H20N2O5. The first-order valence-corrected chi connectivity index (χ1v) is 8.06. The van der Waals surface area contributed by atoms with Crippen molar-refractivity contribution in [3.8, 4) is 11.5 Å². The fourth-order valence-corrected chi connectivity index (χ4v) is 3.23. The van der Waals surface area contributed by atoms with Crippen molar-refractivity contribution in [1.29, 1.82) is 0 Å². The molecule has 2 aromatic heterocycles. The van der Waals surface area contributed by atoms with Crippen LogP contribution < -0.4 is 9.47 Å². The molecule has 25 heavy (non-hydrogen) atoms. The summed E-state index contributed by atoms with van der Waals surface area (Å²) >= 11 is 0. The second-order valence-corrected chi connectivity index (χ2v) is 6.09. The zero-order valence-electron chi connectivity index (χ0n) is 14.4. The summed E-state index contributed by atoms with van der Waals surface area (Å²) in [4.78, 5) is 4.09. The van der Waals surface area contributed by atoms with Gasteiger partial charge in [-0.3, -0.25) is 0 Å². The Morgan fingerprint density at radius 2 is 2.20 bits per heavy atom. The van der Waals surface area contributed by atoms with E-state index >= 15 is 0 Å². The topological polar surface area (TPSA) is 67.9 Å². The lowest BCUT2D eigenvalue weighted by atomic mass is 10.1. The molecule has 7 heteroatoms. The van der Waals surface area contributed by atoms with Crippen LogP contribution >= 0.6 is 0 Å². The van der Waals surface area contributed by atoms with E-state index in [0.29, 0.717) is 30.4 Å². The third-order valence-corrected chi connectivity index (χ3v) is 4.33. The molecule has 1 aliphatic rings. The number of hydrogen-bond acceptors (Lipinski definition) is 6. The highest BCUT2D eigenvalue weighted by molar-refractivity contribution is 5.92. The molecule has 0 N–H and O–H groups in total. The molecular weight excluding hydrogens is 324 g/mol. The number of hydrogen-bond donors (Lipinski definition) is 0. The van der Waals surface area contributed by atoms with Crippen molar-refractivity contribution in [1.82, 2.24) is 9.55 Å². The summed E-state index contributed by atoms with van der Waals surface area (Å²) in [7, 11) is 3.24. The molecule has 0 radical (unpaired) electrons. The minimum atomic E-state index is -1.04.